The van der Waals surface area contributed by atoms with E-state index in [1.165, 1.54) is 24.3 Å². The number of aromatic nitrogens is 2. The summed E-state index contributed by atoms with van der Waals surface area (Å²) in [6.45, 7) is 5.15. The van der Waals surface area contributed by atoms with Crippen LogP contribution in [0.15, 0.2) is 44.4 Å². The van der Waals surface area contributed by atoms with Crippen LogP contribution in [0.5, 0.6) is 0 Å². The smallest absolute Gasteiger partial charge is 0.398 e. The molecule has 0 aliphatic rings. The van der Waals surface area contributed by atoms with E-state index in [1.807, 2.05) is 6.92 Å². The number of H-pyrrole nitrogens is 1. The third kappa shape index (κ3) is 4.25. The first kappa shape index (κ1) is 22.0. The second-order valence-electron chi connectivity index (χ2n) is 6.92. The van der Waals surface area contributed by atoms with Crippen LogP contribution in [-0.4, -0.2) is 18.6 Å². The number of rotatable bonds is 6. The van der Waals surface area contributed by atoms with Crippen molar-refractivity contribution in [1.29, 1.82) is 0 Å². The third-order valence-electron chi connectivity index (χ3n) is 4.95. The molecule has 8 nitrogen and oxygen atoms in total. The van der Waals surface area contributed by atoms with Crippen molar-refractivity contribution in [2.75, 3.05) is 5.73 Å². The summed E-state index contributed by atoms with van der Waals surface area (Å²) in [6.07, 6.45) is 0. The van der Waals surface area contributed by atoms with Gasteiger partial charge in [-0.05, 0) is 54.8 Å². The summed E-state index contributed by atoms with van der Waals surface area (Å²) in [5.41, 5.74) is 7.50. The monoisotopic (exact) mass is 454 g/mol. The van der Waals surface area contributed by atoms with E-state index >= 15 is 0 Å². The summed E-state index contributed by atoms with van der Waals surface area (Å²) in [7, 11) is -4.21. The summed E-state index contributed by atoms with van der Waals surface area (Å²) in [5.74, 6) is -2.39. The molecular formula is C19H20ClFN4O4S. The second-order valence-corrected chi connectivity index (χ2v) is 9.04. The molecule has 0 spiro atoms. The van der Waals surface area contributed by atoms with Crippen molar-refractivity contribution >= 4 is 27.3 Å². The number of nitrogens with two attached hydrogens (primary N) is 1. The minimum absolute atomic E-state index is 0.0669. The van der Waals surface area contributed by atoms with Gasteiger partial charge >= 0.3 is 5.76 Å². The van der Waals surface area contributed by atoms with Gasteiger partial charge in [0.05, 0.1) is 5.69 Å². The van der Waals surface area contributed by atoms with Crippen molar-refractivity contribution < 1.29 is 17.2 Å². The van der Waals surface area contributed by atoms with E-state index in [4.69, 9.17) is 21.8 Å². The van der Waals surface area contributed by atoms with Gasteiger partial charge in [0.15, 0.2) is 0 Å². The molecule has 0 fully saturated rings. The number of benzene rings is 2. The molecule has 1 heterocycles. The summed E-state index contributed by atoms with van der Waals surface area (Å²) in [4.78, 5) is 11.3. The SMILES string of the molecule is Cc1ccc(F)c(C(C)[C@H](NS(=O)(=O)c2ccc(Cl)cc2N)c2n[nH]c(=O)o2)c1C. The largest absolute Gasteiger partial charge is 0.434 e. The molecule has 2 atom stereocenters. The van der Waals surface area contributed by atoms with Crippen molar-refractivity contribution in [2.24, 2.45) is 0 Å². The zero-order chi connectivity index (χ0) is 22.2. The van der Waals surface area contributed by atoms with Gasteiger partial charge in [-0.1, -0.05) is 24.6 Å². The molecule has 160 valence electrons. The maximum atomic E-state index is 14.7. The van der Waals surface area contributed by atoms with Crippen molar-refractivity contribution in [3.05, 3.63) is 74.3 Å². The minimum atomic E-state index is -4.21. The van der Waals surface area contributed by atoms with E-state index in [0.29, 0.717) is 5.56 Å². The van der Waals surface area contributed by atoms with Crippen LogP contribution in [0.1, 0.15) is 41.5 Å². The molecule has 0 bridgehead atoms. The van der Waals surface area contributed by atoms with Gasteiger partial charge in [-0.3, -0.25) is 0 Å². The number of aryl methyl sites for hydroxylation is 1. The first-order valence-corrected chi connectivity index (χ1v) is 10.8. The van der Waals surface area contributed by atoms with Crippen LogP contribution in [0.25, 0.3) is 0 Å². The van der Waals surface area contributed by atoms with Gasteiger partial charge in [-0.2, -0.15) is 4.72 Å². The molecule has 0 saturated heterocycles. The van der Waals surface area contributed by atoms with E-state index in [9.17, 15) is 17.6 Å². The third-order valence-corrected chi connectivity index (χ3v) is 6.70. The highest BCUT2D eigenvalue weighted by Crippen LogP contribution is 2.35. The molecule has 0 aliphatic carbocycles. The molecule has 3 rings (SSSR count). The molecule has 0 saturated carbocycles. The first-order valence-electron chi connectivity index (χ1n) is 8.89. The molecule has 30 heavy (non-hydrogen) atoms. The highest BCUT2D eigenvalue weighted by Gasteiger charge is 2.34. The predicted molar refractivity (Wildman–Crippen MR) is 110 cm³/mol. The van der Waals surface area contributed by atoms with Crippen LogP contribution in [0, 0.1) is 19.7 Å². The lowest BCUT2D eigenvalue weighted by atomic mass is 9.88. The maximum absolute atomic E-state index is 14.7. The van der Waals surface area contributed by atoms with E-state index in [0.717, 1.165) is 5.56 Å². The lowest BCUT2D eigenvalue weighted by molar-refractivity contribution is 0.377. The average Bonchev–Trinajstić information content (AvgIpc) is 3.09. The Labute approximate surface area is 177 Å². The Morgan fingerprint density at radius 3 is 2.57 bits per heavy atom. The van der Waals surface area contributed by atoms with E-state index < -0.39 is 33.6 Å². The fourth-order valence-electron chi connectivity index (χ4n) is 3.27. The van der Waals surface area contributed by atoms with E-state index in [2.05, 4.69) is 14.9 Å². The molecule has 0 amide bonds. The number of hydrogen-bond donors (Lipinski definition) is 3. The van der Waals surface area contributed by atoms with E-state index in [1.54, 1.807) is 19.9 Å². The van der Waals surface area contributed by atoms with Crippen LogP contribution in [0.3, 0.4) is 0 Å². The van der Waals surface area contributed by atoms with Gasteiger partial charge in [0, 0.05) is 10.9 Å². The lowest BCUT2D eigenvalue weighted by Gasteiger charge is -2.25. The van der Waals surface area contributed by atoms with E-state index in [-0.39, 0.29) is 27.1 Å². The summed E-state index contributed by atoms with van der Waals surface area (Å²) in [6, 6.07) is 5.67. The number of anilines is 1. The Morgan fingerprint density at radius 2 is 1.97 bits per heavy atom. The Balaban J connectivity index is 2.11. The molecule has 2 aromatic carbocycles. The van der Waals surface area contributed by atoms with Crippen LogP contribution in [0.2, 0.25) is 5.02 Å². The second kappa shape index (κ2) is 8.21. The Kier molecular flexibility index (Phi) is 6.02. The molecule has 3 aromatic rings. The number of nitrogens with zero attached hydrogens (tertiary/aromatic N) is 1. The number of hydrogen-bond acceptors (Lipinski definition) is 6. The topological polar surface area (TPSA) is 131 Å². The molecule has 4 N–H and O–H groups in total. The van der Waals surface area contributed by atoms with Gasteiger partial charge in [0.1, 0.15) is 16.8 Å². The average molecular weight is 455 g/mol. The van der Waals surface area contributed by atoms with Gasteiger partial charge in [-0.25, -0.2) is 22.7 Å². The maximum Gasteiger partial charge on any atom is 0.434 e. The van der Waals surface area contributed by atoms with Crippen molar-refractivity contribution in [3.63, 3.8) is 0 Å². The van der Waals surface area contributed by atoms with Crippen molar-refractivity contribution in [3.8, 4) is 0 Å². The lowest BCUT2D eigenvalue weighted by Crippen LogP contribution is -2.33. The summed E-state index contributed by atoms with van der Waals surface area (Å²) >= 11 is 5.85. The van der Waals surface area contributed by atoms with Crippen LogP contribution in [-0.2, 0) is 10.0 Å². The Bertz CT molecular complexity index is 1260. The molecule has 1 aromatic heterocycles. The van der Waals surface area contributed by atoms with Gasteiger partial charge < -0.3 is 10.2 Å². The minimum Gasteiger partial charge on any atom is -0.398 e. The number of sulfonamides is 1. The standard InChI is InChI=1S/C19H20ClFN4O4S/c1-9-4-6-13(21)16(10(9)2)11(3)17(18-23-24-19(26)29-18)25-30(27,28)15-7-5-12(20)8-14(15)22/h4-8,11,17,25H,22H2,1-3H3,(H,24,26)/t11?,17-/m0/s1. The van der Waals surface area contributed by atoms with Gasteiger partial charge in [0.2, 0.25) is 15.9 Å². The van der Waals surface area contributed by atoms with Crippen LogP contribution >= 0.6 is 11.6 Å². The predicted octanol–water partition coefficient (Wildman–Crippen LogP) is 3.18. The molecule has 11 heteroatoms. The zero-order valence-corrected chi connectivity index (χ0v) is 17.9. The van der Waals surface area contributed by atoms with Crippen molar-refractivity contribution in [2.45, 2.75) is 37.6 Å². The van der Waals surface area contributed by atoms with Gasteiger partial charge in [-0.15, -0.1) is 5.10 Å². The quantitative estimate of drug-likeness (QED) is 0.490. The summed E-state index contributed by atoms with van der Waals surface area (Å²) in [5, 5.41) is 6.12. The molecule has 0 radical (unpaired) electrons. The van der Waals surface area contributed by atoms with Crippen LogP contribution in [0.4, 0.5) is 10.1 Å². The molecular weight excluding hydrogens is 435 g/mol. The summed E-state index contributed by atoms with van der Waals surface area (Å²) < 4.78 is 48.2. The highest BCUT2D eigenvalue weighted by atomic mass is 35.5. The number of nitrogen functional groups attached to an aromatic ring is 1. The number of aromatic amines is 1. The zero-order valence-electron chi connectivity index (χ0n) is 16.4. The Hall–Kier alpha value is -2.69. The first-order chi connectivity index (χ1) is 14.0. The number of nitrogens with one attached hydrogen (secondary N) is 2. The van der Waals surface area contributed by atoms with Gasteiger partial charge in [0.25, 0.3) is 0 Å². The van der Waals surface area contributed by atoms with Crippen LogP contribution < -0.4 is 16.2 Å². The van der Waals surface area contributed by atoms with Crippen molar-refractivity contribution in [1.82, 2.24) is 14.9 Å². The molecule has 0 aliphatic heterocycles. The highest BCUT2D eigenvalue weighted by molar-refractivity contribution is 7.89. The Morgan fingerprint density at radius 1 is 1.27 bits per heavy atom. The fraction of sp³-hybridized carbons (Fsp3) is 0.263. The normalized spacial score (nSPS) is 13.9. The molecule has 1 unspecified atom stereocenters. The fourth-order valence-corrected chi connectivity index (χ4v) is 4.83. The number of halogens is 2.